The first-order chi connectivity index (χ1) is 14.1. The van der Waals surface area contributed by atoms with Gasteiger partial charge < -0.3 is 19.3 Å². The van der Waals surface area contributed by atoms with Crippen LogP contribution in [0, 0.1) is 0 Å². The maximum atomic E-state index is 12.9. The van der Waals surface area contributed by atoms with Crippen LogP contribution in [-0.2, 0) is 14.3 Å². The Morgan fingerprint density at radius 1 is 1.13 bits per heavy atom. The molecule has 0 spiro atoms. The van der Waals surface area contributed by atoms with Crippen molar-refractivity contribution >= 4 is 23.8 Å². The molecule has 164 valence electrons. The molecule has 0 saturated carbocycles. The summed E-state index contributed by atoms with van der Waals surface area (Å²) >= 11 is 0. The maximum Gasteiger partial charge on any atom is 0.410 e. The van der Waals surface area contributed by atoms with E-state index in [1.165, 1.54) is 7.11 Å². The molecule has 0 aromatic heterocycles. The van der Waals surface area contributed by atoms with Crippen molar-refractivity contribution in [1.29, 1.82) is 0 Å². The highest BCUT2D eigenvalue weighted by Crippen LogP contribution is 2.29. The normalized spacial score (nSPS) is 20.1. The highest BCUT2D eigenvalue weighted by molar-refractivity contribution is 5.95. The van der Waals surface area contributed by atoms with Gasteiger partial charge in [0.15, 0.2) is 0 Å². The average Bonchev–Trinajstić information content (AvgIpc) is 3.02. The molecule has 1 unspecified atom stereocenters. The molecule has 30 heavy (non-hydrogen) atoms. The molecule has 2 aliphatic heterocycles. The van der Waals surface area contributed by atoms with Crippen LogP contribution in [0.15, 0.2) is 24.3 Å². The molecule has 0 aliphatic carbocycles. The molecule has 3 rings (SSSR count). The van der Waals surface area contributed by atoms with Crippen LogP contribution in [0.4, 0.5) is 15.3 Å². The third-order valence-corrected chi connectivity index (χ3v) is 5.48. The van der Waals surface area contributed by atoms with Gasteiger partial charge in [-0.3, -0.25) is 9.69 Å². The quantitative estimate of drug-likeness (QED) is 0.703. The number of hydrogen-bond donors (Lipinski definition) is 0. The summed E-state index contributed by atoms with van der Waals surface area (Å²) < 4.78 is 10.2. The first-order valence-corrected chi connectivity index (χ1v) is 10.3. The van der Waals surface area contributed by atoms with E-state index in [4.69, 9.17) is 9.47 Å². The van der Waals surface area contributed by atoms with Crippen LogP contribution >= 0.6 is 0 Å². The topological polar surface area (TPSA) is 79.4 Å². The number of piperazine rings is 1. The lowest BCUT2D eigenvalue weighted by molar-refractivity contribution is -0.140. The molecule has 1 aromatic carbocycles. The van der Waals surface area contributed by atoms with Crippen LogP contribution in [-0.4, -0.2) is 72.8 Å². The van der Waals surface area contributed by atoms with Crippen molar-refractivity contribution in [2.45, 2.75) is 51.7 Å². The SMILES string of the molecule is COC(=O)CC(C)c1ccc(N2C[C@@H]3CN(C(=O)OC(C)(C)C)CCN3C2=O)cc1. The number of carbonyl (C=O) groups is 3. The van der Waals surface area contributed by atoms with E-state index in [2.05, 4.69) is 0 Å². The number of rotatable bonds is 4. The molecule has 0 N–H and O–H groups in total. The lowest BCUT2D eigenvalue weighted by Crippen LogP contribution is -2.54. The van der Waals surface area contributed by atoms with Crippen molar-refractivity contribution in [1.82, 2.24) is 9.80 Å². The second-order valence-electron chi connectivity index (χ2n) is 8.94. The first kappa shape index (κ1) is 21.9. The zero-order valence-electron chi connectivity index (χ0n) is 18.4. The van der Waals surface area contributed by atoms with Crippen LogP contribution in [0.25, 0.3) is 0 Å². The minimum absolute atomic E-state index is 0.0366. The predicted molar refractivity (Wildman–Crippen MR) is 113 cm³/mol. The fraction of sp³-hybridized carbons (Fsp3) is 0.591. The molecule has 2 fully saturated rings. The Bertz CT molecular complexity index is 802. The molecule has 2 heterocycles. The van der Waals surface area contributed by atoms with Crippen molar-refractivity contribution in [3.8, 4) is 0 Å². The monoisotopic (exact) mass is 417 g/mol. The number of nitrogens with zero attached hydrogens (tertiary/aromatic N) is 3. The summed E-state index contributed by atoms with van der Waals surface area (Å²) in [6, 6.07) is 7.60. The molecule has 3 amide bonds. The summed E-state index contributed by atoms with van der Waals surface area (Å²) in [4.78, 5) is 42.0. The van der Waals surface area contributed by atoms with Gasteiger partial charge in [0.2, 0.25) is 0 Å². The smallest absolute Gasteiger partial charge is 0.410 e. The molecule has 2 aliphatic rings. The number of carbonyl (C=O) groups excluding carboxylic acids is 3. The van der Waals surface area contributed by atoms with Crippen molar-refractivity contribution in [2.75, 3.05) is 38.2 Å². The maximum absolute atomic E-state index is 12.9. The number of ether oxygens (including phenoxy) is 2. The number of benzene rings is 1. The van der Waals surface area contributed by atoms with Gasteiger partial charge >= 0.3 is 18.1 Å². The highest BCUT2D eigenvalue weighted by atomic mass is 16.6. The number of anilines is 1. The van der Waals surface area contributed by atoms with Crippen molar-refractivity contribution in [3.05, 3.63) is 29.8 Å². The van der Waals surface area contributed by atoms with Gasteiger partial charge in [-0.15, -0.1) is 0 Å². The Morgan fingerprint density at radius 3 is 2.40 bits per heavy atom. The molecule has 0 radical (unpaired) electrons. The molecular formula is C22H31N3O5. The molecule has 8 heteroatoms. The third-order valence-electron chi connectivity index (χ3n) is 5.48. The second-order valence-corrected chi connectivity index (χ2v) is 8.94. The molecule has 2 atom stereocenters. The lowest BCUT2D eigenvalue weighted by Gasteiger charge is -2.36. The van der Waals surface area contributed by atoms with E-state index in [-0.39, 0.29) is 30.1 Å². The zero-order valence-corrected chi connectivity index (χ0v) is 18.4. The van der Waals surface area contributed by atoms with E-state index in [1.807, 2.05) is 56.9 Å². The van der Waals surface area contributed by atoms with Crippen LogP contribution in [0.5, 0.6) is 0 Å². The molecule has 0 bridgehead atoms. The first-order valence-electron chi connectivity index (χ1n) is 10.3. The van der Waals surface area contributed by atoms with Gasteiger partial charge in [0.05, 0.1) is 19.6 Å². The number of urea groups is 1. The van der Waals surface area contributed by atoms with Gasteiger partial charge in [-0.1, -0.05) is 19.1 Å². The number of methoxy groups -OCH3 is 1. The number of fused-ring (bicyclic) bond motifs is 1. The molecular weight excluding hydrogens is 386 g/mol. The number of hydrogen-bond acceptors (Lipinski definition) is 5. The van der Waals surface area contributed by atoms with E-state index in [0.29, 0.717) is 32.6 Å². The summed E-state index contributed by atoms with van der Waals surface area (Å²) in [6.45, 7) is 9.45. The Morgan fingerprint density at radius 2 is 1.80 bits per heavy atom. The van der Waals surface area contributed by atoms with Crippen LogP contribution in [0.1, 0.15) is 45.6 Å². The Kier molecular flexibility index (Phi) is 6.24. The minimum atomic E-state index is -0.543. The summed E-state index contributed by atoms with van der Waals surface area (Å²) in [7, 11) is 1.38. The van der Waals surface area contributed by atoms with Crippen LogP contribution < -0.4 is 4.90 Å². The summed E-state index contributed by atoms with van der Waals surface area (Å²) in [5, 5.41) is 0. The van der Waals surface area contributed by atoms with Crippen molar-refractivity contribution in [3.63, 3.8) is 0 Å². The molecule has 8 nitrogen and oxygen atoms in total. The summed E-state index contributed by atoms with van der Waals surface area (Å²) in [5.74, 6) is -0.206. The number of amides is 3. The Labute approximate surface area is 177 Å². The van der Waals surface area contributed by atoms with Gasteiger partial charge in [-0.05, 0) is 44.4 Å². The zero-order chi connectivity index (χ0) is 22.1. The largest absolute Gasteiger partial charge is 0.469 e. The van der Waals surface area contributed by atoms with Gasteiger partial charge in [0.25, 0.3) is 0 Å². The van der Waals surface area contributed by atoms with E-state index in [1.54, 1.807) is 9.80 Å². The van der Waals surface area contributed by atoms with Gasteiger partial charge in [-0.25, -0.2) is 9.59 Å². The van der Waals surface area contributed by atoms with Crippen LogP contribution in [0.2, 0.25) is 0 Å². The highest BCUT2D eigenvalue weighted by Gasteiger charge is 2.42. The Balaban J connectivity index is 1.65. The lowest BCUT2D eigenvalue weighted by atomic mass is 9.97. The number of esters is 1. The van der Waals surface area contributed by atoms with E-state index >= 15 is 0 Å². The fourth-order valence-electron chi connectivity index (χ4n) is 3.85. The van der Waals surface area contributed by atoms with Crippen LogP contribution in [0.3, 0.4) is 0 Å². The molecule has 2 saturated heterocycles. The standard InChI is InChI=1S/C22H31N3O5/c1-15(12-19(26)29-5)16-6-8-17(9-7-16)25-14-18-13-23(10-11-24(18)20(25)27)21(28)30-22(2,3)4/h6-9,15,18H,10-14H2,1-5H3/t15?,18-/m0/s1. The van der Waals surface area contributed by atoms with E-state index in [0.717, 1.165) is 11.3 Å². The summed E-state index contributed by atoms with van der Waals surface area (Å²) in [6.07, 6.45) is -0.0218. The Hall–Kier alpha value is -2.77. The van der Waals surface area contributed by atoms with Gasteiger partial charge in [-0.2, -0.15) is 0 Å². The van der Waals surface area contributed by atoms with E-state index in [9.17, 15) is 14.4 Å². The summed E-state index contributed by atoms with van der Waals surface area (Å²) in [5.41, 5.74) is 1.29. The fourth-order valence-corrected chi connectivity index (χ4v) is 3.85. The van der Waals surface area contributed by atoms with Gasteiger partial charge in [0, 0.05) is 31.9 Å². The van der Waals surface area contributed by atoms with Crippen molar-refractivity contribution < 1.29 is 23.9 Å². The third kappa shape index (κ3) is 4.86. The molecule has 1 aromatic rings. The average molecular weight is 418 g/mol. The van der Waals surface area contributed by atoms with E-state index < -0.39 is 5.60 Å². The predicted octanol–water partition coefficient (Wildman–Crippen LogP) is 3.21. The van der Waals surface area contributed by atoms with Crippen molar-refractivity contribution in [2.24, 2.45) is 0 Å². The second kappa shape index (κ2) is 8.53. The van der Waals surface area contributed by atoms with Gasteiger partial charge in [0.1, 0.15) is 5.60 Å². The minimum Gasteiger partial charge on any atom is -0.469 e.